The van der Waals surface area contributed by atoms with Crippen LogP contribution in [0.1, 0.15) is 40.2 Å². The standard InChI is InChI=1S/C25H31BrN4O4S/c1-16-7-9-19(10-8-16)35(32,33)30-15-20(26)22-21(30)11-12-27-23(22)28-13-18(3)29(14-17(28)2)24(31)34-25(4,5)6/h7-12,15,17-18H,13-14H2,1-6H3/t17-,18+/m0/s1. The molecule has 0 bridgehead atoms. The number of aromatic nitrogens is 2. The molecule has 1 fully saturated rings. The largest absolute Gasteiger partial charge is 0.444 e. The minimum atomic E-state index is -3.80. The first-order valence-electron chi connectivity index (χ1n) is 11.5. The monoisotopic (exact) mass is 562 g/mol. The van der Waals surface area contributed by atoms with Crippen molar-refractivity contribution in [3.05, 3.63) is 52.8 Å². The maximum Gasteiger partial charge on any atom is 0.410 e. The fraction of sp³-hybridized carbons (Fsp3) is 0.440. The summed E-state index contributed by atoms with van der Waals surface area (Å²) in [6.07, 6.45) is 2.87. The summed E-state index contributed by atoms with van der Waals surface area (Å²) in [5.74, 6) is 0.676. The average molecular weight is 564 g/mol. The number of nitrogens with zero attached hydrogens (tertiary/aromatic N) is 4. The number of carbonyl (C=O) groups excluding carboxylic acids is 1. The van der Waals surface area contributed by atoms with Crippen LogP contribution in [0.2, 0.25) is 0 Å². The number of halogens is 1. The number of benzene rings is 1. The number of anilines is 1. The summed E-state index contributed by atoms with van der Waals surface area (Å²) < 4.78 is 34.4. The molecule has 4 rings (SSSR count). The van der Waals surface area contributed by atoms with Crippen molar-refractivity contribution in [2.75, 3.05) is 18.0 Å². The molecule has 8 nitrogen and oxygen atoms in total. The first-order chi connectivity index (χ1) is 16.3. The van der Waals surface area contributed by atoms with Gasteiger partial charge in [0.15, 0.2) is 0 Å². The van der Waals surface area contributed by atoms with Gasteiger partial charge in [0.25, 0.3) is 10.0 Å². The zero-order valence-electron chi connectivity index (χ0n) is 20.8. The molecule has 0 N–H and O–H groups in total. The van der Waals surface area contributed by atoms with Crippen LogP contribution in [0.3, 0.4) is 0 Å². The van der Waals surface area contributed by atoms with Crippen LogP contribution in [0.15, 0.2) is 52.1 Å². The molecule has 0 unspecified atom stereocenters. The van der Waals surface area contributed by atoms with E-state index in [-0.39, 0.29) is 23.1 Å². The quantitative estimate of drug-likeness (QED) is 0.437. The van der Waals surface area contributed by atoms with E-state index in [4.69, 9.17) is 4.74 Å². The number of amides is 1. The topological polar surface area (TPSA) is 84.7 Å². The number of ether oxygens (including phenoxy) is 1. The van der Waals surface area contributed by atoms with Crippen LogP contribution in [-0.2, 0) is 14.8 Å². The second kappa shape index (κ2) is 9.13. The SMILES string of the molecule is Cc1ccc(S(=O)(=O)n2cc(Br)c3c(N4C[C@@H](C)N(C(=O)OC(C)(C)C)C[C@@H]4C)nccc32)cc1. The first-order valence-corrected chi connectivity index (χ1v) is 13.8. The summed E-state index contributed by atoms with van der Waals surface area (Å²) in [6, 6.07) is 8.34. The van der Waals surface area contributed by atoms with Gasteiger partial charge in [-0.2, -0.15) is 0 Å². The summed E-state index contributed by atoms with van der Waals surface area (Å²) in [7, 11) is -3.80. The number of pyridine rings is 1. The molecule has 10 heteroatoms. The molecule has 2 atom stereocenters. The third-order valence-corrected chi connectivity index (χ3v) is 8.37. The minimum Gasteiger partial charge on any atom is -0.444 e. The minimum absolute atomic E-state index is 0.0548. The van der Waals surface area contributed by atoms with Gasteiger partial charge in [0, 0.05) is 42.0 Å². The lowest BCUT2D eigenvalue weighted by Gasteiger charge is -2.44. The molecule has 188 valence electrons. The van der Waals surface area contributed by atoms with E-state index in [1.807, 2.05) is 41.5 Å². The first kappa shape index (κ1) is 25.5. The molecule has 3 aromatic rings. The van der Waals surface area contributed by atoms with Crippen LogP contribution in [0, 0.1) is 6.92 Å². The highest BCUT2D eigenvalue weighted by Crippen LogP contribution is 2.37. The maximum atomic E-state index is 13.5. The molecule has 3 heterocycles. The van der Waals surface area contributed by atoms with Gasteiger partial charge in [-0.1, -0.05) is 17.7 Å². The van der Waals surface area contributed by atoms with Crippen LogP contribution in [0.5, 0.6) is 0 Å². The summed E-state index contributed by atoms with van der Waals surface area (Å²) in [4.78, 5) is 21.5. The molecular formula is C25H31BrN4O4S. The Morgan fingerprint density at radius 3 is 2.37 bits per heavy atom. The zero-order chi connectivity index (χ0) is 25.7. The van der Waals surface area contributed by atoms with Gasteiger partial charge in [0.1, 0.15) is 11.4 Å². The molecule has 0 spiro atoms. The van der Waals surface area contributed by atoms with E-state index in [9.17, 15) is 13.2 Å². The van der Waals surface area contributed by atoms with Crippen LogP contribution in [0.4, 0.5) is 10.6 Å². The smallest absolute Gasteiger partial charge is 0.410 e. The lowest BCUT2D eigenvalue weighted by atomic mass is 10.1. The van der Waals surface area contributed by atoms with Crippen molar-refractivity contribution in [2.45, 2.75) is 64.1 Å². The van der Waals surface area contributed by atoms with Crippen molar-refractivity contribution in [1.82, 2.24) is 13.9 Å². The van der Waals surface area contributed by atoms with Crippen molar-refractivity contribution >= 4 is 48.8 Å². The van der Waals surface area contributed by atoms with Crippen molar-refractivity contribution in [2.24, 2.45) is 0 Å². The predicted octanol–water partition coefficient (Wildman–Crippen LogP) is 5.18. The molecule has 1 aliphatic heterocycles. The van der Waals surface area contributed by atoms with Crippen molar-refractivity contribution in [3.8, 4) is 0 Å². The fourth-order valence-corrected chi connectivity index (χ4v) is 6.41. The van der Waals surface area contributed by atoms with Gasteiger partial charge < -0.3 is 14.5 Å². The van der Waals surface area contributed by atoms with Gasteiger partial charge >= 0.3 is 6.09 Å². The Morgan fingerprint density at radius 2 is 1.74 bits per heavy atom. The van der Waals surface area contributed by atoms with E-state index in [0.717, 1.165) is 5.56 Å². The highest BCUT2D eigenvalue weighted by atomic mass is 79.9. The van der Waals surface area contributed by atoms with Crippen LogP contribution < -0.4 is 4.90 Å². The van der Waals surface area contributed by atoms with Gasteiger partial charge in [0.2, 0.25) is 0 Å². The van der Waals surface area contributed by atoms with Crippen LogP contribution >= 0.6 is 15.9 Å². The predicted molar refractivity (Wildman–Crippen MR) is 140 cm³/mol. The number of rotatable bonds is 3. The summed E-state index contributed by atoms with van der Waals surface area (Å²) >= 11 is 3.58. The Kier molecular flexibility index (Phi) is 6.65. The Balaban J connectivity index is 1.71. The molecule has 1 aromatic carbocycles. The highest BCUT2D eigenvalue weighted by molar-refractivity contribution is 9.10. The third-order valence-electron chi connectivity index (χ3n) is 6.08. The van der Waals surface area contributed by atoms with Crippen molar-refractivity contribution in [3.63, 3.8) is 0 Å². The Bertz CT molecular complexity index is 1360. The van der Waals surface area contributed by atoms with E-state index in [2.05, 4.69) is 25.8 Å². The summed E-state index contributed by atoms with van der Waals surface area (Å²) in [5, 5.41) is 0.716. The molecule has 1 aliphatic rings. The second-order valence-corrected chi connectivity index (χ2v) is 12.8. The van der Waals surface area contributed by atoms with Gasteiger partial charge in [-0.05, 0) is 75.7 Å². The number of hydrogen-bond acceptors (Lipinski definition) is 6. The zero-order valence-corrected chi connectivity index (χ0v) is 23.2. The molecule has 35 heavy (non-hydrogen) atoms. The number of fused-ring (bicyclic) bond motifs is 1. The van der Waals surface area contributed by atoms with E-state index >= 15 is 0 Å². The molecule has 0 radical (unpaired) electrons. The Labute approximate surface area is 215 Å². The maximum absolute atomic E-state index is 13.5. The van der Waals surface area contributed by atoms with Gasteiger partial charge in [-0.15, -0.1) is 0 Å². The number of hydrogen-bond donors (Lipinski definition) is 0. The van der Waals surface area contributed by atoms with Crippen molar-refractivity contribution < 1.29 is 17.9 Å². The number of carbonyl (C=O) groups is 1. The van der Waals surface area contributed by atoms with Gasteiger partial charge in [-0.25, -0.2) is 22.2 Å². The Hall–Kier alpha value is -2.59. The molecule has 0 saturated carbocycles. The average Bonchev–Trinajstić information content (AvgIpc) is 3.12. The number of piperazine rings is 1. The Morgan fingerprint density at radius 1 is 1.09 bits per heavy atom. The third kappa shape index (κ3) is 4.91. The van der Waals surface area contributed by atoms with E-state index in [1.165, 1.54) is 3.97 Å². The molecule has 0 aliphatic carbocycles. The van der Waals surface area contributed by atoms with E-state index in [1.54, 1.807) is 47.6 Å². The van der Waals surface area contributed by atoms with Gasteiger partial charge in [0.05, 0.1) is 15.8 Å². The second-order valence-electron chi connectivity index (χ2n) is 10.1. The molecule has 1 saturated heterocycles. The molecule has 1 amide bonds. The molecular weight excluding hydrogens is 532 g/mol. The van der Waals surface area contributed by atoms with Crippen LogP contribution in [-0.4, -0.2) is 59.1 Å². The highest BCUT2D eigenvalue weighted by Gasteiger charge is 2.36. The van der Waals surface area contributed by atoms with Crippen LogP contribution in [0.25, 0.3) is 10.9 Å². The van der Waals surface area contributed by atoms with Crippen molar-refractivity contribution in [1.29, 1.82) is 0 Å². The summed E-state index contributed by atoms with van der Waals surface area (Å²) in [5.41, 5.74) is 0.959. The summed E-state index contributed by atoms with van der Waals surface area (Å²) in [6.45, 7) is 12.5. The number of aryl methyl sites for hydroxylation is 1. The van der Waals surface area contributed by atoms with E-state index < -0.39 is 15.6 Å². The lowest BCUT2D eigenvalue weighted by molar-refractivity contribution is 0.0130. The van der Waals surface area contributed by atoms with E-state index in [0.29, 0.717) is 34.3 Å². The normalized spacial score (nSPS) is 19.3. The molecule has 2 aromatic heterocycles. The lowest BCUT2D eigenvalue weighted by Crippen LogP contribution is -2.59. The van der Waals surface area contributed by atoms with Gasteiger partial charge in [-0.3, -0.25) is 0 Å². The fourth-order valence-electron chi connectivity index (χ4n) is 4.33.